The van der Waals surface area contributed by atoms with Crippen molar-refractivity contribution in [1.29, 1.82) is 0 Å². The van der Waals surface area contributed by atoms with Crippen molar-refractivity contribution < 1.29 is 9.53 Å². The van der Waals surface area contributed by atoms with Crippen molar-refractivity contribution in [3.05, 3.63) is 24.3 Å². The highest BCUT2D eigenvalue weighted by Gasteiger charge is 2.12. The van der Waals surface area contributed by atoms with E-state index in [1.165, 1.54) is 32.4 Å². The van der Waals surface area contributed by atoms with Gasteiger partial charge < -0.3 is 4.74 Å². The topological polar surface area (TPSA) is 26.3 Å². The van der Waals surface area contributed by atoms with E-state index in [4.69, 9.17) is 0 Å². The zero-order chi connectivity index (χ0) is 8.81. The summed E-state index contributed by atoms with van der Waals surface area (Å²) in [6.07, 6.45) is 11.1. The third-order valence-electron chi connectivity index (χ3n) is 2.08. The van der Waals surface area contributed by atoms with Gasteiger partial charge in [0.2, 0.25) is 0 Å². The number of methoxy groups -OCH3 is 1. The number of hydrogen-bond acceptors (Lipinski definition) is 2. The number of allylic oxidation sites excluding steroid dienone is 3. The molecular weight excluding hydrogens is 152 g/mol. The van der Waals surface area contributed by atoms with E-state index in [2.05, 4.69) is 10.8 Å². The Balaban J connectivity index is 2.18. The van der Waals surface area contributed by atoms with Gasteiger partial charge in [-0.15, -0.1) is 0 Å². The Hall–Kier alpha value is -1.05. The lowest BCUT2D eigenvalue weighted by Crippen LogP contribution is -2.06. The molecule has 0 radical (unpaired) electrons. The quantitative estimate of drug-likeness (QED) is 0.364. The standard InChI is InChI=1S/C10H14O2/c1-12-10(11)8-3-2-5-9-6-4-7-9/h2-3,5,8-9H,4,6-7H2,1H3/b5-2+,8-3-. The maximum Gasteiger partial charge on any atom is 0.330 e. The van der Waals surface area contributed by atoms with Crippen molar-refractivity contribution >= 4 is 5.97 Å². The summed E-state index contributed by atoms with van der Waals surface area (Å²) in [5, 5.41) is 0. The SMILES string of the molecule is COC(=O)/C=C\C=C\C1CCC1. The third-order valence-corrected chi connectivity index (χ3v) is 2.08. The van der Waals surface area contributed by atoms with Crippen LogP contribution >= 0.6 is 0 Å². The second-order valence-electron chi connectivity index (χ2n) is 2.96. The molecule has 1 aliphatic carbocycles. The number of rotatable bonds is 3. The van der Waals surface area contributed by atoms with Crippen LogP contribution in [0.15, 0.2) is 24.3 Å². The van der Waals surface area contributed by atoms with Gasteiger partial charge in [-0.1, -0.05) is 24.6 Å². The average Bonchev–Trinajstić information content (AvgIpc) is 2.00. The number of carbonyl (C=O) groups is 1. The predicted molar refractivity (Wildman–Crippen MR) is 47.6 cm³/mol. The lowest BCUT2D eigenvalue weighted by Gasteiger charge is -2.20. The monoisotopic (exact) mass is 166 g/mol. The number of esters is 1. The Labute approximate surface area is 72.9 Å². The number of ether oxygens (including phenoxy) is 1. The van der Waals surface area contributed by atoms with Gasteiger partial charge in [0.05, 0.1) is 7.11 Å². The van der Waals surface area contributed by atoms with Crippen molar-refractivity contribution in [2.24, 2.45) is 5.92 Å². The minimum Gasteiger partial charge on any atom is -0.466 e. The zero-order valence-electron chi connectivity index (χ0n) is 7.32. The van der Waals surface area contributed by atoms with Crippen LogP contribution in [0.1, 0.15) is 19.3 Å². The fourth-order valence-corrected chi connectivity index (χ4v) is 1.06. The normalized spacial score (nSPS) is 18.4. The average molecular weight is 166 g/mol. The second kappa shape index (κ2) is 4.75. The van der Waals surface area contributed by atoms with Crippen LogP contribution < -0.4 is 0 Å². The highest BCUT2D eigenvalue weighted by Crippen LogP contribution is 2.27. The molecule has 0 atom stereocenters. The van der Waals surface area contributed by atoms with Crippen molar-refractivity contribution in [3.8, 4) is 0 Å². The van der Waals surface area contributed by atoms with E-state index in [1.54, 1.807) is 6.08 Å². The van der Waals surface area contributed by atoms with Crippen LogP contribution in [-0.2, 0) is 9.53 Å². The van der Waals surface area contributed by atoms with E-state index in [-0.39, 0.29) is 5.97 Å². The Morgan fingerprint density at radius 2 is 2.17 bits per heavy atom. The Morgan fingerprint density at radius 1 is 1.42 bits per heavy atom. The highest BCUT2D eigenvalue weighted by molar-refractivity contribution is 5.82. The molecule has 0 N–H and O–H groups in total. The fourth-order valence-electron chi connectivity index (χ4n) is 1.06. The fraction of sp³-hybridized carbons (Fsp3) is 0.500. The second-order valence-corrected chi connectivity index (χ2v) is 2.96. The molecule has 1 aliphatic rings. The molecule has 0 heterocycles. The van der Waals surface area contributed by atoms with E-state index >= 15 is 0 Å². The molecule has 0 bridgehead atoms. The van der Waals surface area contributed by atoms with Gasteiger partial charge in [0.1, 0.15) is 0 Å². The van der Waals surface area contributed by atoms with Gasteiger partial charge in [-0.05, 0) is 18.8 Å². The Bertz CT molecular complexity index is 200. The first kappa shape index (κ1) is 9.04. The molecule has 1 rings (SSSR count). The minimum atomic E-state index is -0.298. The lowest BCUT2D eigenvalue weighted by molar-refractivity contribution is -0.134. The third kappa shape index (κ3) is 2.91. The maximum absolute atomic E-state index is 10.6. The van der Waals surface area contributed by atoms with Gasteiger partial charge in [-0.2, -0.15) is 0 Å². The summed E-state index contributed by atoms with van der Waals surface area (Å²) >= 11 is 0. The summed E-state index contributed by atoms with van der Waals surface area (Å²) in [7, 11) is 1.38. The van der Waals surface area contributed by atoms with E-state index in [0.717, 1.165) is 5.92 Å². The molecule has 0 aromatic carbocycles. The summed E-state index contributed by atoms with van der Waals surface area (Å²) in [5.74, 6) is 0.445. The van der Waals surface area contributed by atoms with E-state index in [0.29, 0.717) is 0 Å². The van der Waals surface area contributed by atoms with Crippen LogP contribution in [0.5, 0.6) is 0 Å². The van der Waals surface area contributed by atoms with Crippen molar-refractivity contribution in [3.63, 3.8) is 0 Å². The van der Waals surface area contributed by atoms with Crippen LogP contribution in [0.4, 0.5) is 0 Å². The molecule has 0 saturated heterocycles. The molecule has 0 spiro atoms. The lowest BCUT2D eigenvalue weighted by atomic mass is 9.85. The molecule has 1 saturated carbocycles. The van der Waals surface area contributed by atoms with E-state index in [1.807, 2.05) is 6.08 Å². The number of hydrogen-bond donors (Lipinski definition) is 0. The van der Waals surface area contributed by atoms with Gasteiger partial charge in [-0.3, -0.25) is 0 Å². The molecule has 66 valence electrons. The van der Waals surface area contributed by atoms with Gasteiger partial charge in [0, 0.05) is 6.08 Å². The van der Waals surface area contributed by atoms with Gasteiger partial charge in [0.15, 0.2) is 0 Å². The van der Waals surface area contributed by atoms with E-state index < -0.39 is 0 Å². The molecule has 12 heavy (non-hydrogen) atoms. The number of carbonyl (C=O) groups excluding carboxylic acids is 1. The highest BCUT2D eigenvalue weighted by atomic mass is 16.5. The summed E-state index contributed by atoms with van der Waals surface area (Å²) < 4.78 is 4.44. The summed E-state index contributed by atoms with van der Waals surface area (Å²) in [4.78, 5) is 10.6. The molecule has 0 aromatic rings. The molecule has 0 aliphatic heterocycles. The van der Waals surface area contributed by atoms with Gasteiger partial charge in [0.25, 0.3) is 0 Å². The van der Waals surface area contributed by atoms with Crippen LogP contribution in [-0.4, -0.2) is 13.1 Å². The Kier molecular flexibility index (Phi) is 3.58. The molecular formula is C10H14O2. The summed E-state index contributed by atoms with van der Waals surface area (Å²) in [6.45, 7) is 0. The van der Waals surface area contributed by atoms with Crippen LogP contribution in [0, 0.1) is 5.92 Å². The smallest absolute Gasteiger partial charge is 0.330 e. The first-order valence-electron chi connectivity index (χ1n) is 4.26. The van der Waals surface area contributed by atoms with Crippen molar-refractivity contribution in [1.82, 2.24) is 0 Å². The van der Waals surface area contributed by atoms with Crippen LogP contribution in [0.25, 0.3) is 0 Å². The molecule has 1 fully saturated rings. The first-order valence-corrected chi connectivity index (χ1v) is 4.26. The van der Waals surface area contributed by atoms with E-state index in [9.17, 15) is 4.79 Å². The van der Waals surface area contributed by atoms with Crippen LogP contribution in [0.3, 0.4) is 0 Å². The van der Waals surface area contributed by atoms with Crippen molar-refractivity contribution in [2.75, 3.05) is 7.11 Å². The minimum absolute atomic E-state index is 0.298. The van der Waals surface area contributed by atoms with Crippen molar-refractivity contribution in [2.45, 2.75) is 19.3 Å². The van der Waals surface area contributed by atoms with Gasteiger partial charge >= 0.3 is 5.97 Å². The molecule has 2 nitrogen and oxygen atoms in total. The Morgan fingerprint density at radius 3 is 2.67 bits per heavy atom. The van der Waals surface area contributed by atoms with Crippen LogP contribution in [0.2, 0.25) is 0 Å². The summed E-state index contributed by atoms with van der Waals surface area (Å²) in [5.41, 5.74) is 0. The van der Waals surface area contributed by atoms with Gasteiger partial charge in [-0.25, -0.2) is 4.79 Å². The molecule has 2 heteroatoms. The maximum atomic E-state index is 10.6. The molecule has 0 aromatic heterocycles. The predicted octanol–water partition coefficient (Wildman–Crippen LogP) is 2.07. The largest absolute Gasteiger partial charge is 0.466 e. The zero-order valence-corrected chi connectivity index (χ0v) is 7.32. The summed E-state index contributed by atoms with van der Waals surface area (Å²) in [6, 6.07) is 0. The molecule has 0 amide bonds. The molecule has 0 unspecified atom stereocenters. The first-order chi connectivity index (χ1) is 5.83.